The van der Waals surface area contributed by atoms with Crippen molar-refractivity contribution in [2.45, 2.75) is 58.7 Å². The first kappa shape index (κ1) is 27.8. The molecule has 196 valence electrons. The smallest absolute Gasteiger partial charge is 0.261 e. The molecule has 6 heteroatoms. The van der Waals surface area contributed by atoms with Gasteiger partial charge in [-0.25, -0.2) is 0 Å². The van der Waals surface area contributed by atoms with Crippen LogP contribution in [-0.4, -0.2) is 42.0 Å². The van der Waals surface area contributed by atoms with Gasteiger partial charge in [0.25, 0.3) is 5.91 Å². The summed E-state index contributed by atoms with van der Waals surface area (Å²) in [5.41, 5.74) is 2.58. The molecule has 0 aromatic heterocycles. The van der Waals surface area contributed by atoms with Crippen LogP contribution in [0.5, 0.6) is 11.5 Å². The standard InChI is InChI=1S/C31H38N2O4/c1-6-23-15-17-26(18-16-23)37-22-29(34)33(21-25-13-10-14-27(19-25)36-5)28(30(35)32-31(2,3)4)20-24-11-8-7-9-12-24/h7-19,28H,6,20-22H2,1-5H3,(H,32,35). The van der Waals surface area contributed by atoms with Gasteiger partial charge in [0.05, 0.1) is 7.11 Å². The van der Waals surface area contributed by atoms with E-state index in [9.17, 15) is 9.59 Å². The van der Waals surface area contributed by atoms with Crippen LogP contribution in [-0.2, 0) is 29.0 Å². The molecule has 3 rings (SSSR count). The van der Waals surface area contributed by atoms with Crippen molar-refractivity contribution in [2.24, 2.45) is 0 Å². The third-order valence-electron chi connectivity index (χ3n) is 5.95. The average molecular weight is 503 g/mol. The number of hydrogen-bond acceptors (Lipinski definition) is 4. The Morgan fingerprint density at radius 1 is 0.865 bits per heavy atom. The molecule has 0 aliphatic carbocycles. The molecule has 0 aliphatic heterocycles. The highest BCUT2D eigenvalue weighted by molar-refractivity contribution is 5.89. The van der Waals surface area contributed by atoms with Gasteiger partial charge < -0.3 is 19.7 Å². The number of methoxy groups -OCH3 is 1. The Labute approximate surface area is 220 Å². The zero-order valence-electron chi connectivity index (χ0n) is 22.5. The minimum Gasteiger partial charge on any atom is -0.497 e. The van der Waals surface area contributed by atoms with Crippen molar-refractivity contribution >= 4 is 11.8 Å². The van der Waals surface area contributed by atoms with Crippen LogP contribution < -0.4 is 14.8 Å². The second-order valence-electron chi connectivity index (χ2n) is 10.1. The maximum Gasteiger partial charge on any atom is 0.261 e. The number of aryl methyl sites for hydroxylation is 1. The van der Waals surface area contributed by atoms with Crippen LogP contribution in [0.3, 0.4) is 0 Å². The molecule has 0 heterocycles. The predicted molar refractivity (Wildman–Crippen MR) is 147 cm³/mol. The molecule has 37 heavy (non-hydrogen) atoms. The molecule has 0 radical (unpaired) electrons. The molecule has 1 N–H and O–H groups in total. The fourth-order valence-corrected chi connectivity index (χ4v) is 4.02. The number of amides is 2. The average Bonchev–Trinajstić information content (AvgIpc) is 2.89. The SMILES string of the molecule is CCc1ccc(OCC(=O)N(Cc2cccc(OC)c2)C(Cc2ccccc2)C(=O)NC(C)(C)C)cc1. The fraction of sp³-hybridized carbons (Fsp3) is 0.355. The van der Waals surface area contributed by atoms with Crippen LogP contribution in [0.2, 0.25) is 0 Å². The molecule has 0 spiro atoms. The number of nitrogens with zero attached hydrogens (tertiary/aromatic N) is 1. The molecule has 2 amide bonds. The first-order chi connectivity index (χ1) is 17.7. The highest BCUT2D eigenvalue weighted by Gasteiger charge is 2.32. The molecule has 0 aliphatic rings. The van der Waals surface area contributed by atoms with E-state index in [2.05, 4.69) is 12.2 Å². The normalized spacial score (nSPS) is 11.9. The number of benzene rings is 3. The van der Waals surface area contributed by atoms with Gasteiger partial charge in [-0.05, 0) is 68.1 Å². The zero-order chi connectivity index (χ0) is 26.8. The van der Waals surface area contributed by atoms with Crippen LogP contribution in [0, 0.1) is 0 Å². The number of nitrogens with one attached hydrogen (secondary N) is 1. The van der Waals surface area contributed by atoms with Gasteiger partial charge in [-0.2, -0.15) is 0 Å². The largest absolute Gasteiger partial charge is 0.497 e. The maximum absolute atomic E-state index is 13.7. The van der Waals surface area contributed by atoms with Crippen molar-refractivity contribution in [3.05, 3.63) is 95.6 Å². The van der Waals surface area contributed by atoms with E-state index in [1.165, 1.54) is 5.56 Å². The molecule has 0 saturated carbocycles. The van der Waals surface area contributed by atoms with Crippen LogP contribution in [0.15, 0.2) is 78.9 Å². The summed E-state index contributed by atoms with van der Waals surface area (Å²) >= 11 is 0. The van der Waals surface area contributed by atoms with Gasteiger partial charge in [0, 0.05) is 18.5 Å². The van der Waals surface area contributed by atoms with E-state index in [-0.39, 0.29) is 25.0 Å². The number of ether oxygens (including phenoxy) is 2. The van der Waals surface area contributed by atoms with Gasteiger partial charge in [-0.1, -0.05) is 61.5 Å². The van der Waals surface area contributed by atoms with E-state index in [1.807, 2.05) is 99.6 Å². The van der Waals surface area contributed by atoms with Crippen molar-refractivity contribution in [3.63, 3.8) is 0 Å². The second kappa shape index (κ2) is 12.9. The van der Waals surface area contributed by atoms with Gasteiger partial charge in [0.2, 0.25) is 5.91 Å². The molecule has 3 aromatic carbocycles. The van der Waals surface area contributed by atoms with E-state index in [0.29, 0.717) is 17.9 Å². The van der Waals surface area contributed by atoms with Gasteiger partial charge in [-0.15, -0.1) is 0 Å². The molecule has 0 saturated heterocycles. The summed E-state index contributed by atoms with van der Waals surface area (Å²) < 4.78 is 11.2. The third kappa shape index (κ3) is 8.67. The van der Waals surface area contributed by atoms with Crippen molar-refractivity contribution in [3.8, 4) is 11.5 Å². The lowest BCUT2D eigenvalue weighted by Gasteiger charge is -2.33. The summed E-state index contributed by atoms with van der Waals surface area (Å²) in [7, 11) is 1.61. The topological polar surface area (TPSA) is 67.9 Å². The van der Waals surface area contributed by atoms with Crippen LogP contribution in [0.1, 0.15) is 44.4 Å². The summed E-state index contributed by atoms with van der Waals surface area (Å²) in [5.74, 6) is 0.828. The van der Waals surface area contributed by atoms with Crippen LogP contribution in [0.25, 0.3) is 0 Å². The van der Waals surface area contributed by atoms with Crippen molar-refractivity contribution in [1.29, 1.82) is 0 Å². The highest BCUT2D eigenvalue weighted by atomic mass is 16.5. The van der Waals surface area contributed by atoms with E-state index in [1.54, 1.807) is 12.0 Å². The third-order valence-corrected chi connectivity index (χ3v) is 5.95. The van der Waals surface area contributed by atoms with Gasteiger partial charge in [0.15, 0.2) is 6.61 Å². The molecular weight excluding hydrogens is 464 g/mol. The molecule has 0 bridgehead atoms. The fourth-order valence-electron chi connectivity index (χ4n) is 4.02. The van der Waals surface area contributed by atoms with Gasteiger partial charge in [-0.3, -0.25) is 9.59 Å². The van der Waals surface area contributed by atoms with Gasteiger partial charge in [0.1, 0.15) is 17.5 Å². The molecular formula is C31H38N2O4. The zero-order valence-corrected chi connectivity index (χ0v) is 22.5. The molecule has 3 aromatic rings. The summed E-state index contributed by atoms with van der Waals surface area (Å²) in [6, 6.07) is 24.3. The Bertz CT molecular complexity index is 1150. The van der Waals surface area contributed by atoms with E-state index in [4.69, 9.17) is 9.47 Å². The minimum atomic E-state index is -0.730. The lowest BCUT2D eigenvalue weighted by Crippen LogP contribution is -2.55. The first-order valence-corrected chi connectivity index (χ1v) is 12.7. The monoisotopic (exact) mass is 502 g/mol. The summed E-state index contributed by atoms with van der Waals surface area (Å²) in [5, 5.41) is 3.07. The maximum atomic E-state index is 13.7. The predicted octanol–water partition coefficient (Wildman–Crippen LogP) is 5.19. The Hall–Kier alpha value is -3.80. The number of carbonyl (C=O) groups excluding carboxylic acids is 2. The minimum absolute atomic E-state index is 0.177. The molecule has 0 fully saturated rings. The Morgan fingerprint density at radius 2 is 1.54 bits per heavy atom. The summed E-state index contributed by atoms with van der Waals surface area (Å²) in [4.78, 5) is 28.9. The molecule has 1 unspecified atom stereocenters. The Kier molecular flexibility index (Phi) is 9.72. The van der Waals surface area contributed by atoms with Crippen molar-refractivity contribution in [1.82, 2.24) is 10.2 Å². The van der Waals surface area contributed by atoms with Crippen molar-refractivity contribution < 1.29 is 19.1 Å². The quantitative estimate of drug-likeness (QED) is 0.392. The van der Waals surface area contributed by atoms with E-state index < -0.39 is 11.6 Å². The van der Waals surface area contributed by atoms with E-state index in [0.717, 1.165) is 17.5 Å². The summed E-state index contributed by atoms with van der Waals surface area (Å²) in [6.45, 7) is 7.95. The van der Waals surface area contributed by atoms with Crippen LogP contribution >= 0.6 is 0 Å². The molecule has 6 nitrogen and oxygen atoms in total. The lowest BCUT2D eigenvalue weighted by molar-refractivity contribution is -0.143. The van der Waals surface area contributed by atoms with Gasteiger partial charge >= 0.3 is 0 Å². The van der Waals surface area contributed by atoms with Crippen molar-refractivity contribution in [2.75, 3.05) is 13.7 Å². The Morgan fingerprint density at radius 3 is 2.16 bits per heavy atom. The van der Waals surface area contributed by atoms with E-state index >= 15 is 0 Å². The number of rotatable bonds is 11. The Balaban J connectivity index is 1.92. The molecule has 1 atom stereocenters. The number of carbonyl (C=O) groups is 2. The summed E-state index contributed by atoms with van der Waals surface area (Å²) in [6.07, 6.45) is 1.31. The first-order valence-electron chi connectivity index (χ1n) is 12.7. The number of hydrogen-bond donors (Lipinski definition) is 1. The lowest BCUT2D eigenvalue weighted by atomic mass is 10.0. The highest BCUT2D eigenvalue weighted by Crippen LogP contribution is 2.20. The second-order valence-corrected chi connectivity index (χ2v) is 10.1. The van der Waals surface area contributed by atoms with Crippen LogP contribution in [0.4, 0.5) is 0 Å².